The molecule has 4 nitrogen and oxygen atoms in total. The van der Waals surface area contributed by atoms with Crippen LogP contribution in [0, 0.1) is 13.8 Å². The molecule has 0 atom stereocenters. The van der Waals surface area contributed by atoms with Crippen molar-refractivity contribution < 1.29 is 14.7 Å². The first kappa shape index (κ1) is 16.6. The van der Waals surface area contributed by atoms with Crippen molar-refractivity contribution in [3.8, 4) is 0 Å². The van der Waals surface area contributed by atoms with E-state index in [4.69, 9.17) is 0 Å². The highest BCUT2D eigenvalue weighted by Crippen LogP contribution is 2.22. The molecule has 0 heterocycles. The first-order valence-corrected chi connectivity index (χ1v) is 7.59. The Morgan fingerprint density at radius 3 is 2.15 bits per heavy atom. The van der Waals surface area contributed by atoms with Gasteiger partial charge in [-0.05, 0) is 45.1 Å². The third-order valence-corrected chi connectivity index (χ3v) is 4.54. The van der Waals surface area contributed by atoms with Crippen LogP contribution < -0.4 is 5.32 Å². The highest BCUT2D eigenvalue weighted by molar-refractivity contribution is 7.99. The van der Waals surface area contributed by atoms with Crippen molar-refractivity contribution in [2.45, 2.75) is 32.4 Å². The molecule has 5 heteroatoms. The second-order valence-corrected chi connectivity index (χ2v) is 6.91. The maximum atomic E-state index is 12.3. The van der Waals surface area contributed by atoms with E-state index in [1.165, 1.54) is 0 Å². The summed E-state index contributed by atoms with van der Waals surface area (Å²) in [7, 11) is 0. The van der Waals surface area contributed by atoms with Gasteiger partial charge in [0.15, 0.2) is 0 Å². The van der Waals surface area contributed by atoms with Crippen LogP contribution in [0.4, 0.5) is 0 Å². The average Bonchev–Trinajstić information content (AvgIpc) is 2.38. The van der Waals surface area contributed by atoms with E-state index in [-0.39, 0.29) is 21.8 Å². The lowest BCUT2D eigenvalue weighted by Gasteiger charge is -2.23. The molecule has 0 fully saturated rings. The Bertz CT molecular complexity index is 538. The summed E-state index contributed by atoms with van der Waals surface area (Å²) >= 11 is 1.65. The molecule has 110 valence electrons. The number of thioether (sulfide) groups is 1. The fourth-order valence-electron chi connectivity index (χ4n) is 1.83. The lowest BCUT2D eigenvalue weighted by atomic mass is 9.96. The Balaban J connectivity index is 3.10. The summed E-state index contributed by atoms with van der Waals surface area (Å²) in [5, 5.41) is 12.1. The molecule has 0 unspecified atom stereocenters. The number of amides is 1. The molecule has 0 radical (unpaired) electrons. The second kappa shape index (κ2) is 6.31. The topological polar surface area (TPSA) is 66.4 Å². The molecule has 0 aliphatic heterocycles. The van der Waals surface area contributed by atoms with Crippen molar-refractivity contribution in [3.05, 3.63) is 34.4 Å². The number of carboxylic acids is 1. The van der Waals surface area contributed by atoms with E-state index < -0.39 is 5.97 Å². The summed E-state index contributed by atoms with van der Waals surface area (Å²) in [6, 6.07) is 3.50. The molecule has 0 bridgehead atoms. The fourth-order valence-corrected chi connectivity index (χ4v) is 2.05. The lowest BCUT2D eigenvalue weighted by Crippen LogP contribution is -2.37. The van der Waals surface area contributed by atoms with Crippen molar-refractivity contribution in [1.82, 2.24) is 5.32 Å². The predicted octanol–water partition coefficient (Wildman–Crippen LogP) is 2.87. The SMILES string of the molecule is CSC(C)(C)CNC(=O)c1c(C)ccc(C)c1C(=O)O. The number of aryl methyl sites for hydroxylation is 2. The van der Waals surface area contributed by atoms with Crippen LogP contribution >= 0.6 is 11.8 Å². The largest absolute Gasteiger partial charge is 0.478 e. The minimum Gasteiger partial charge on any atom is -0.478 e. The maximum absolute atomic E-state index is 12.3. The monoisotopic (exact) mass is 295 g/mol. The van der Waals surface area contributed by atoms with Gasteiger partial charge in [0.2, 0.25) is 0 Å². The molecule has 0 saturated heterocycles. The standard InChI is InChI=1S/C15H21NO3S/c1-9-6-7-10(2)12(14(18)19)11(9)13(17)16-8-15(3,4)20-5/h6-7H,8H2,1-5H3,(H,16,17)(H,18,19). The molecule has 1 amide bonds. The Kier molecular flexibility index (Phi) is 5.22. The Hall–Kier alpha value is -1.49. The van der Waals surface area contributed by atoms with Crippen LogP contribution in [0.3, 0.4) is 0 Å². The van der Waals surface area contributed by atoms with Gasteiger partial charge in [0, 0.05) is 11.3 Å². The van der Waals surface area contributed by atoms with Gasteiger partial charge in [-0.2, -0.15) is 11.8 Å². The molecule has 0 aliphatic carbocycles. The van der Waals surface area contributed by atoms with E-state index >= 15 is 0 Å². The fraction of sp³-hybridized carbons (Fsp3) is 0.467. The number of carbonyl (C=O) groups is 2. The van der Waals surface area contributed by atoms with Crippen molar-refractivity contribution in [3.63, 3.8) is 0 Å². The number of hydrogen-bond donors (Lipinski definition) is 2. The smallest absolute Gasteiger partial charge is 0.336 e. The number of carboxylic acid groups (broad SMARTS) is 1. The zero-order valence-corrected chi connectivity index (χ0v) is 13.4. The van der Waals surface area contributed by atoms with Gasteiger partial charge in [-0.15, -0.1) is 0 Å². The third kappa shape index (κ3) is 3.76. The van der Waals surface area contributed by atoms with Crippen molar-refractivity contribution in [2.75, 3.05) is 12.8 Å². The minimum atomic E-state index is -1.07. The highest BCUT2D eigenvalue weighted by atomic mass is 32.2. The summed E-state index contributed by atoms with van der Waals surface area (Å²) < 4.78 is -0.0865. The minimum absolute atomic E-state index is 0.0865. The molecular formula is C15H21NO3S. The van der Waals surface area contributed by atoms with Crippen molar-refractivity contribution in [2.24, 2.45) is 0 Å². The van der Waals surface area contributed by atoms with Crippen LogP contribution in [0.15, 0.2) is 12.1 Å². The van der Waals surface area contributed by atoms with Crippen molar-refractivity contribution >= 4 is 23.6 Å². The summed E-state index contributed by atoms with van der Waals surface area (Å²) in [5.74, 6) is -1.40. The van der Waals surface area contributed by atoms with E-state index in [1.54, 1.807) is 37.7 Å². The molecule has 1 rings (SSSR count). The average molecular weight is 295 g/mol. The first-order valence-electron chi connectivity index (χ1n) is 6.36. The normalized spacial score (nSPS) is 11.2. The number of nitrogens with one attached hydrogen (secondary N) is 1. The molecule has 1 aromatic carbocycles. The predicted molar refractivity (Wildman–Crippen MR) is 82.8 cm³/mol. The number of carbonyl (C=O) groups excluding carboxylic acids is 1. The summed E-state index contributed by atoms with van der Waals surface area (Å²) in [6.45, 7) is 7.99. The number of hydrogen-bond acceptors (Lipinski definition) is 3. The van der Waals surface area contributed by atoms with Gasteiger partial charge in [0.25, 0.3) is 5.91 Å². The van der Waals surface area contributed by atoms with Gasteiger partial charge in [-0.1, -0.05) is 12.1 Å². The Labute approximate surface area is 124 Å². The maximum Gasteiger partial charge on any atom is 0.336 e. The van der Waals surface area contributed by atoms with E-state index in [0.717, 1.165) is 0 Å². The van der Waals surface area contributed by atoms with Crippen LogP contribution in [-0.4, -0.2) is 34.5 Å². The van der Waals surface area contributed by atoms with Gasteiger partial charge in [0.1, 0.15) is 0 Å². The number of benzene rings is 1. The van der Waals surface area contributed by atoms with Gasteiger partial charge >= 0.3 is 5.97 Å². The molecule has 0 saturated carbocycles. The van der Waals surface area contributed by atoms with Gasteiger partial charge in [-0.3, -0.25) is 4.79 Å². The zero-order valence-electron chi connectivity index (χ0n) is 12.5. The molecule has 0 aromatic heterocycles. The van der Waals surface area contributed by atoms with E-state index in [1.807, 2.05) is 20.1 Å². The third-order valence-electron chi connectivity index (χ3n) is 3.29. The molecule has 2 N–H and O–H groups in total. The Morgan fingerprint density at radius 2 is 1.70 bits per heavy atom. The molecule has 0 aliphatic rings. The van der Waals surface area contributed by atoms with Crippen LogP contribution in [0.25, 0.3) is 0 Å². The molecular weight excluding hydrogens is 274 g/mol. The summed E-state index contributed by atoms with van der Waals surface area (Å²) in [6.07, 6.45) is 1.98. The van der Waals surface area contributed by atoms with Gasteiger partial charge in [0.05, 0.1) is 11.1 Å². The molecule has 20 heavy (non-hydrogen) atoms. The Morgan fingerprint density at radius 1 is 1.20 bits per heavy atom. The summed E-state index contributed by atoms with van der Waals surface area (Å²) in [4.78, 5) is 23.7. The number of aromatic carboxylic acids is 1. The van der Waals surface area contributed by atoms with Crippen LogP contribution in [0.2, 0.25) is 0 Å². The number of rotatable bonds is 5. The first-order chi connectivity index (χ1) is 9.19. The van der Waals surface area contributed by atoms with Crippen molar-refractivity contribution in [1.29, 1.82) is 0 Å². The molecule has 1 aromatic rings. The lowest BCUT2D eigenvalue weighted by molar-refractivity contribution is 0.0690. The van der Waals surface area contributed by atoms with E-state index in [2.05, 4.69) is 5.32 Å². The highest BCUT2D eigenvalue weighted by Gasteiger charge is 2.23. The second-order valence-electron chi connectivity index (χ2n) is 5.40. The van der Waals surface area contributed by atoms with E-state index in [0.29, 0.717) is 17.7 Å². The van der Waals surface area contributed by atoms with Crippen LogP contribution in [0.5, 0.6) is 0 Å². The van der Waals surface area contributed by atoms with Crippen LogP contribution in [0.1, 0.15) is 45.7 Å². The van der Waals surface area contributed by atoms with Crippen LogP contribution in [-0.2, 0) is 0 Å². The zero-order chi connectivity index (χ0) is 15.5. The summed E-state index contributed by atoms with van der Waals surface area (Å²) in [5.41, 5.74) is 1.61. The van der Waals surface area contributed by atoms with Gasteiger partial charge in [-0.25, -0.2) is 4.79 Å². The molecule has 0 spiro atoms. The van der Waals surface area contributed by atoms with Gasteiger partial charge < -0.3 is 10.4 Å². The van der Waals surface area contributed by atoms with E-state index in [9.17, 15) is 14.7 Å². The quantitative estimate of drug-likeness (QED) is 0.876.